The second-order valence-electron chi connectivity index (χ2n) is 3.65. The van der Waals surface area contributed by atoms with Crippen LogP contribution in [0.3, 0.4) is 0 Å². The fraction of sp³-hybridized carbons (Fsp3) is 0.167. The number of nitrogens with zero attached hydrogens (tertiary/aromatic N) is 2. The van der Waals surface area contributed by atoms with E-state index in [-0.39, 0.29) is 6.04 Å². The first-order valence-corrected chi connectivity index (χ1v) is 5.94. The van der Waals surface area contributed by atoms with Crippen LogP contribution >= 0.6 is 15.9 Å². The van der Waals surface area contributed by atoms with Crippen LogP contribution in [-0.2, 0) is 0 Å². The molecule has 2 rings (SSSR count). The van der Waals surface area contributed by atoms with Crippen molar-refractivity contribution in [1.82, 2.24) is 9.97 Å². The Kier molecular flexibility index (Phi) is 3.68. The Balaban J connectivity index is 2.14. The summed E-state index contributed by atoms with van der Waals surface area (Å²) in [7, 11) is 0. The molecular formula is C12H11BrFN3. The molecule has 1 heterocycles. The van der Waals surface area contributed by atoms with Gasteiger partial charge in [-0.25, -0.2) is 9.97 Å². The molecule has 5 heteroatoms. The van der Waals surface area contributed by atoms with Crippen LogP contribution < -0.4 is 5.32 Å². The molecule has 2 aromatic rings. The SMILES string of the molecule is CC(Nc1cc(F)ncn1)c1cccc(Br)c1. The van der Waals surface area contributed by atoms with Crippen molar-refractivity contribution >= 4 is 21.7 Å². The maximum Gasteiger partial charge on any atom is 0.217 e. The zero-order chi connectivity index (χ0) is 12.3. The van der Waals surface area contributed by atoms with E-state index >= 15 is 0 Å². The first kappa shape index (κ1) is 12.0. The van der Waals surface area contributed by atoms with Gasteiger partial charge in [0.1, 0.15) is 12.1 Å². The van der Waals surface area contributed by atoms with Gasteiger partial charge in [-0.3, -0.25) is 0 Å². The summed E-state index contributed by atoms with van der Waals surface area (Å²) in [4.78, 5) is 7.36. The summed E-state index contributed by atoms with van der Waals surface area (Å²) in [5.74, 6) is -0.0612. The summed E-state index contributed by atoms with van der Waals surface area (Å²) in [6.45, 7) is 1.99. The Morgan fingerprint density at radius 1 is 1.29 bits per heavy atom. The normalized spacial score (nSPS) is 12.2. The molecule has 0 aliphatic heterocycles. The fourth-order valence-corrected chi connectivity index (χ4v) is 1.91. The van der Waals surface area contributed by atoms with Gasteiger partial charge in [0, 0.05) is 16.6 Å². The molecule has 0 saturated carbocycles. The Labute approximate surface area is 107 Å². The van der Waals surface area contributed by atoms with Gasteiger partial charge >= 0.3 is 0 Å². The van der Waals surface area contributed by atoms with Crippen molar-refractivity contribution in [3.8, 4) is 0 Å². The number of anilines is 1. The van der Waals surface area contributed by atoms with E-state index in [0.29, 0.717) is 5.82 Å². The number of benzene rings is 1. The Bertz CT molecular complexity index is 519. The van der Waals surface area contributed by atoms with Gasteiger partial charge < -0.3 is 5.32 Å². The quantitative estimate of drug-likeness (QED) is 0.880. The minimum absolute atomic E-state index is 0.0433. The Morgan fingerprint density at radius 3 is 2.82 bits per heavy atom. The van der Waals surface area contributed by atoms with Crippen LogP contribution in [0.1, 0.15) is 18.5 Å². The lowest BCUT2D eigenvalue weighted by atomic mass is 10.1. The Morgan fingerprint density at radius 2 is 2.12 bits per heavy atom. The largest absolute Gasteiger partial charge is 0.363 e. The van der Waals surface area contributed by atoms with E-state index in [2.05, 4.69) is 31.2 Å². The predicted molar refractivity (Wildman–Crippen MR) is 68.2 cm³/mol. The molecule has 1 atom stereocenters. The average Bonchev–Trinajstić information content (AvgIpc) is 2.29. The molecule has 17 heavy (non-hydrogen) atoms. The zero-order valence-electron chi connectivity index (χ0n) is 9.19. The van der Waals surface area contributed by atoms with E-state index in [1.54, 1.807) is 0 Å². The molecule has 0 fully saturated rings. The van der Waals surface area contributed by atoms with Crippen molar-refractivity contribution in [2.75, 3.05) is 5.32 Å². The van der Waals surface area contributed by atoms with E-state index in [0.717, 1.165) is 10.0 Å². The van der Waals surface area contributed by atoms with Crippen molar-refractivity contribution in [3.05, 3.63) is 52.6 Å². The summed E-state index contributed by atoms with van der Waals surface area (Å²) in [6, 6.07) is 9.24. The highest BCUT2D eigenvalue weighted by molar-refractivity contribution is 9.10. The molecule has 1 unspecified atom stereocenters. The lowest BCUT2D eigenvalue weighted by Crippen LogP contribution is -2.08. The van der Waals surface area contributed by atoms with Crippen LogP contribution in [0.2, 0.25) is 0 Å². The van der Waals surface area contributed by atoms with Gasteiger partial charge in [-0.2, -0.15) is 4.39 Å². The first-order valence-electron chi connectivity index (χ1n) is 5.14. The van der Waals surface area contributed by atoms with Crippen LogP contribution in [0.25, 0.3) is 0 Å². The van der Waals surface area contributed by atoms with Crippen molar-refractivity contribution in [1.29, 1.82) is 0 Å². The van der Waals surface area contributed by atoms with Gasteiger partial charge in [-0.1, -0.05) is 28.1 Å². The van der Waals surface area contributed by atoms with Crippen molar-refractivity contribution in [3.63, 3.8) is 0 Å². The summed E-state index contributed by atoms with van der Waals surface area (Å²) in [5.41, 5.74) is 1.10. The lowest BCUT2D eigenvalue weighted by Gasteiger charge is -2.14. The molecule has 0 amide bonds. The van der Waals surface area contributed by atoms with Crippen LogP contribution in [-0.4, -0.2) is 9.97 Å². The van der Waals surface area contributed by atoms with Gasteiger partial charge in [0.2, 0.25) is 5.95 Å². The number of nitrogens with one attached hydrogen (secondary N) is 1. The molecule has 1 aromatic carbocycles. The number of hydrogen-bond acceptors (Lipinski definition) is 3. The average molecular weight is 296 g/mol. The van der Waals surface area contributed by atoms with Gasteiger partial charge in [-0.15, -0.1) is 0 Å². The van der Waals surface area contributed by atoms with E-state index in [1.165, 1.54) is 12.4 Å². The molecule has 0 spiro atoms. The van der Waals surface area contributed by atoms with Gasteiger partial charge in [0.05, 0.1) is 0 Å². The second-order valence-corrected chi connectivity index (χ2v) is 4.56. The monoisotopic (exact) mass is 295 g/mol. The van der Waals surface area contributed by atoms with Gasteiger partial charge in [0.15, 0.2) is 0 Å². The van der Waals surface area contributed by atoms with Crippen molar-refractivity contribution in [2.24, 2.45) is 0 Å². The van der Waals surface area contributed by atoms with E-state index in [4.69, 9.17) is 0 Å². The highest BCUT2D eigenvalue weighted by atomic mass is 79.9. The van der Waals surface area contributed by atoms with Crippen molar-refractivity contribution < 1.29 is 4.39 Å². The minimum atomic E-state index is -0.538. The molecule has 88 valence electrons. The standard InChI is InChI=1S/C12H11BrFN3/c1-8(9-3-2-4-10(13)5-9)17-12-6-11(14)15-7-16-12/h2-8H,1H3,(H,15,16,17). The van der Waals surface area contributed by atoms with Crippen LogP contribution in [0.15, 0.2) is 41.1 Å². The van der Waals surface area contributed by atoms with Crippen molar-refractivity contribution in [2.45, 2.75) is 13.0 Å². The van der Waals surface area contributed by atoms with E-state index in [9.17, 15) is 4.39 Å². The third-order valence-electron chi connectivity index (χ3n) is 2.35. The predicted octanol–water partition coefficient (Wildman–Crippen LogP) is 3.55. The third-order valence-corrected chi connectivity index (χ3v) is 2.84. The number of aromatic nitrogens is 2. The summed E-state index contributed by atoms with van der Waals surface area (Å²) >= 11 is 3.41. The second kappa shape index (κ2) is 5.23. The summed E-state index contributed by atoms with van der Waals surface area (Å²) in [5, 5.41) is 3.11. The van der Waals surface area contributed by atoms with E-state index in [1.807, 2.05) is 31.2 Å². The molecule has 0 aliphatic carbocycles. The molecule has 3 nitrogen and oxygen atoms in total. The van der Waals surface area contributed by atoms with E-state index < -0.39 is 5.95 Å². The third kappa shape index (κ3) is 3.23. The lowest BCUT2D eigenvalue weighted by molar-refractivity contribution is 0.579. The highest BCUT2D eigenvalue weighted by Crippen LogP contribution is 2.20. The molecular weight excluding hydrogens is 285 g/mol. The molecule has 1 aromatic heterocycles. The van der Waals surface area contributed by atoms with Crippen LogP contribution in [0, 0.1) is 5.95 Å². The van der Waals surface area contributed by atoms with Gasteiger partial charge in [-0.05, 0) is 24.6 Å². The maximum absolute atomic E-state index is 12.9. The number of hydrogen-bond donors (Lipinski definition) is 1. The first-order chi connectivity index (χ1) is 8.15. The van der Waals surface area contributed by atoms with Gasteiger partial charge in [0.25, 0.3) is 0 Å². The smallest absolute Gasteiger partial charge is 0.217 e. The number of rotatable bonds is 3. The van der Waals surface area contributed by atoms with Crippen LogP contribution in [0.4, 0.5) is 10.2 Å². The maximum atomic E-state index is 12.9. The molecule has 0 saturated heterocycles. The summed E-state index contributed by atoms with van der Waals surface area (Å²) < 4.78 is 13.9. The number of halogens is 2. The molecule has 0 radical (unpaired) electrons. The highest BCUT2D eigenvalue weighted by Gasteiger charge is 2.06. The molecule has 0 aliphatic rings. The Hall–Kier alpha value is -1.49. The molecule has 0 bridgehead atoms. The summed E-state index contributed by atoms with van der Waals surface area (Å²) in [6.07, 6.45) is 1.20. The topological polar surface area (TPSA) is 37.8 Å². The minimum Gasteiger partial charge on any atom is -0.363 e. The molecule has 1 N–H and O–H groups in total. The zero-order valence-corrected chi connectivity index (χ0v) is 10.8. The fourth-order valence-electron chi connectivity index (χ4n) is 1.49. The van der Waals surface area contributed by atoms with Crippen LogP contribution in [0.5, 0.6) is 0 Å².